The second-order valence-corrected chi connectivity index (χ2v) is 5.28. The Morgan fingerprint density at radius 3 is 2.53 bits per heavy atom. The van der Waals surface area contributed by atoms with Gasteiger partial charge in [-0.1, -0.05) is 29.8 Å². The van der Waals surface area contributed by atoms with Gasteiger partial charge in [0.25, 0.3) is 0 Å². The van der Waals surface area contributed by atoms with Crippen molar-refractivity contribution in [3.05, 3.63) is 33.5 Å². The first kappa shape index (κ1) is 12.7. The Kier molecular flexibility index (Phi) is 4.29. The van der Waals surface area contributed by atoms with Crippen LogP contribution in [0.15, 0.2) is 16.6 Å². The molecule has 0 spiro atoms. The first-order valence-corrected chi connectivity index (χ1v) is 5.92. The van der Waals surface area contributed by atoms with Crippen LogP contribution in [0.3, 0.4) is 0 Å². The maximum atomic E-state index is 13.8. The lowest BCUT2D eigenvalue weighted by molar-refractivity contribution is 0.487. The van der Waals surface area contributed by atoms with E-state index in [1.807, 2.05) is 0 Å². The van der Waals surface area contributed by atoms with E-state index in [1.165, 1.54) is 0 Å². The lowest BCUT2D eigenvalue weighted by atomic mass is 9.96. The molecule has 3 heteroatoms. The standard InChI is InChI=1S/C12H17BrFN/c1-7(2)4-11(15)10-6-9(13)5-8(3)12(10)14/h5-7,11H,4,15H2,1-3H3/t11-/m0/s1. The molecular formula is C12H17BrFN. The Morgan fingerprint density at radius 2 is 2.00 bits per heavy atom. The fraction of sp³-hybridized carbons (Fsp3) is 0.500. The van der Waals surface area contributed by atoms with Gasteiger partial charge in [-0.25, -0.2) is 4.39 Å². The number of rotatable bonds is 3. The molecule has 0 saturated carbocycles. The highest BCUT2D eigenvalue weighted by atomic mass is 79.9. The van der Waals surface area contributed by atoms with Gasteiger partial charge in [0.1, 0.15) is 5.82 Å². The van der Waals surface area contributed by atoms with Gasteiger partial charge in [0, 0.05) is 16.1 Å². The fourth-order valence-corrected chi connectivity index (χ4v) is 2.25. The lowest BCUT2D eigenvalue weighted by Crippen LogP contribution is -2.15. The van der Waals surface area contributed by atoms with E-state index in [1.54, 1.807) is 19.1 Å². The highest BCUT2D eigenvalue weighted by Crippen LogP contribution is 2.26. The maximum absolute atomic E-state index is 13.8. The third-order valence-electron chi connectivity index (χ3n) is 2.37. The Hall–Kier alpha value is -0.410. The molecule has 0 heterocycles. The van der Waals surface area contributed by atoms with Gasteiger partial charge in [0.15, 0.2) is 0 Å². The predicted molar refractivity (Wildman–Crippen MR) is 65.2 cm³/mol. The second kappa shape index (κ2) is 5.08. The molecule has 1 atom stereocenters. The van der Waals surface area contributed by atoms with E-state index in [0.717, 1.165) is 10.9 Å². The van der Waals surface area contributed by atoms with Crippen molar-refractivity contribution in [1.29, 1.82) is 0 Å². The minimum absolute atomic E-state index is 0.175. The number of hydrogen-bond donors (Lipinski definition) is 1. The van der Waals surface area contributed by atoms with Gasteiger partial charge in [0.2, 0.25) is 0 Å². The molecule has 84 valence electrons. The number of halogens is 2. The van der Waals surface area contributed by atoms with E-state index in [-0.39, 0.29) is 11.9 Å². The monoisotopic (exact) mass is 273 g/mol. The normalized spacial score (nSPS) is 13.3. The molecule has 2 N–H and O–H groups in total. The molecular weight excluding hydrogens is 257 g/mol. The molecule has 1 aromatic carbocycles. The number of benzene rings is 1. The van der Waals surface area contributed by atoms with Gasteiger partial charge in [-0.15, -0.1) is 0 Å². The summed E-state index contributed by atoms with van der Waals surface area (Å²) in [7, 11) is 0. The third-order valence-corrected chi connectivity index (χ3v) is 2.83. The Morgan fingerprint density at radius 1 is 1.40 bits per heavy atom. The van der Waals surface area contributed by atoms with E-state index in [4.69, 9.17) is 5.73 Å². The summed E-state index contributed by atoms with van der Waals surface area (Å²) in [5, 5.41) is 0. The van der Waals surface area contributed by atoms with E-state index < -0.39 is 0 Å². The van der Waals surface area contributed by atoms with E-state index in [2.05, 4.69) is 29.8 Å². The van der Waals surface area contributed by atoms with Gasteiger partial charge in [-0.05, 0) is 37.0 Å². The molecule has 0 aromatic heterocycles. The number of aryl methyl sites for hydroxylation is 1. The van der Waals surface area contributed by atoms with Crippen LogP contribution in [-0.4, -0.2) is 0 Å². The van der Waals surface area contributed by atoms with Crippen LogP contribution >= 0.6 is 15.9 Å². The zero-order valence-corrected chi connectivity index (χ0v) is 10.9. The molecule has 0 unspecified atom stereocenters. The van der Waals surface area contributed by atoms with Crippen molar-refractivity contribution in [2.75, 3.05) is 0 Å². The van der Waals surface area contributed by atoms with Crippen LogP contribution in [0.2, 0.25) is 0 Å². The highest BCUT2D eigenvalue weighted by molar-refractivity contribution is 9.10. The molecule has 1 nitrogen and oxygen atoms in total. The quantitative estimate of drug-likeness (QED) is 0.887. The summed E-state index contributed by atoms with van der Waals surface area (Å²) >= 11 is 3.36. The first-order valence-electron chi connectivity index (χ1n) is 5.13. The Bertz CT molecular complexity index is 350. The van der Waals surface area contributed by atoms with Crippen molar-refractivity contribution in [2.24, 2.45) is 11.7 Å². The van der Waals surface area contributed by atoms with Gasteiger partial charge < -0.3 is 5.73 Å². The van der Waals surface area contributed by atoms with Crippen LogP contribution < -0.4 is 5.73 Å². The van der Waals surface area contributed by atoms with Crippen molar-refractivity contribution in [2.45, 2.75) is 33.2 Å². The molecule has 0 bridgehead atoms. The Labute approximate surface area is 99.0 Å². The van der Waals surface area contributed by atoms with Crippen molar-refractivity contribution < 1.29 is 4.39 Å². The molecule has 0 aliphatic carbocycles. The van der Waals surface area contributed by atoms with Gasteiger partial charge >= 0.3 is 0 Å². The molecule has 0 fully saturated rings. The summed E-state index contributed by atoms with van der Waals surface area (Å²) in [6, 6.07) is 3.32. The zero-order valence-electron chi connectivity index (χ0n) is 9.35. The lowest BCUT2D eigenvalue weighted by Gasteiger charge is -2.16. The van der Waals surface area contributed by atoms with Gasteiger partial charge in [-0.3, -0.25) is 0 Å². The molecule has 0 aliphatic rings. The zero-order chi connectivity index (χ0) is 11.6. The van der Waals surface area contributed by atoms with E-state index in [9.17, 15) is 4.39 Å². The highest BCUT2D eigenvalue weighted by Gasteiger charge is 2.15. The summed E-state index contributed by atoms with van der Waals surface area (Å²) in [6.07, 6.45) is 0.798. The van der Waals surface area contributed by atoms with Gasteiger partial charge in [-0.2, -0.15) is 0 Å². The SMILES string of the molecule is Cc1cc(Br)cc([C@@H](N)CC(C)C)c1F. The van der Waals surface area contributed by atoms with Crippen LogP contribution in [0.25, 0.3) is 0 Å². The smallest absolute Gasteiger partial charge is 0.130 e. The fourth-order valence-electron chi connectivity index (χ4n) is 1.66. The number of nitrogens with two attached hydrogens (primary N) is 1. The van der Waals surface area contributed by atoms with Crippen LogP contribution in [0.1, 0.15) is 37.4 Å². The van der Waals surface area contributed by atoms with Crippen molar-refractivity contribution in [1.82, 2.24) is 0 Å². The average molecular weight is 274 g/mol. The van der Waals surface area contributed by atoms with E-state index >= 15 is 0 Å². The third kappa shape index (κ3) is 3.28. The van der Waals surface area contributed by atoms with Crippen molar-refractivity contribution in [3.63, 3.8) is 0 Å². The summed E-state index contributed by atoms with van der Waals surface area (Å²) in [6.45, 7) is 5.93. The van der Waals surface area contributed by atoms with Crippen molar-refractivity contribution in [3.8, 4) is 0 Å². The van der Waals surface area contributed by atoms with Crippen LogP contribution in [0.4, 0.5) is 4.39 Å². The molecule has 0 aliphatic heterocycles. The van der Waals surface area contributed by atoms with Crippen molar-refractivity contribution >= 4 is 15.9 Å². The second-order valence-electron chi connectivity index (χ2n) is 4.36. The van der Waals surface area contributed by atoms with Gasteiger partial charge in [0.05, 0.1) is 0 Å². The molecule has 0 radical (unpaired) electrons. The summed E-state index contributed by atoms with van der Waals surface area (Å²) in [4.78, 5) is 0. The van der Waals surface area contributed by atoms with Crippen LogP contribution in [-0.2, 0) is 0 Å². The summed E-state index contributed by atoms with van der Waals surface area (Å²) in [5.41, 5.74) is 7.22. The average Bonchev–Trinajstić information content (AvgIpc) is 2.09. The molecule has 1 aromatic rings. The van der Waals surface area contributed by atoms with Crippen LogP contribution in [0, 0.1) is 18.7 Å². The van der Waals surface area contributed by atoms with Crippen LogP contribution in [0.5, 0.6) is 0 Å². The molecule has 0 saturated heterocycles. The van der Waals surface area contributed by atoms with E-state index in [0.29, 0.717) is 17.0 Å². The Balaban J connectivity index is 3.02. The minimum atomic E-state index is -0.221. The summed E-state index contributed by atoms with van der Waals surface area (Å²) in [5.74, 6) is 0.296. The first-order chi connectivity index (χ1) is 6.91. The number of hydrogen-bond acceptors (Lipinski definition) is 1. The minimum Gasteiger partial charge on any atom is -0.324 e. The molecule has 15 heavy (non-hydrogen) atoms. The largest absolute Gasteiger partial charge is 0.324 e. The predicted octanol–water partition coefficient (Wildman–Crippen LogP) is 3.94. The summed E-state index contributed by atoms with van der Waals surface area (Å²) < 4.78 is 14.7. The topological polar surface area (TPSA) is 26.0 Å². The maximum Gasteiger partial charge on any atom is 0.130 e. The molecule has 1 rings (SSSR count). The molecule has 0 amide bonds.